The molecule has 0 spiro atoms. The van der Waals surface area contributed by atoms with Crippen LogP contribution in [0.3, 0.4) is 0 Å². The monoisotopic (exact) mass is 521 g/mol. The second kappa shape index (κ2) is 9.81. The summed E-state index contributed by atoms with van der Waals surface area (Å²) in [6.07, 6.45) is 3.85. The lowest BCUT2D eigenvalue weighted by Gasteiger charge is -2.53. The number of anilines is 2. The number of likely N-dealkylation sites (N-methyl/N-ethyl adjacent to an activating group) is 1. The molecular weight excluding hydrogens is 489 g/mol. The fourth-order valence-corrected chi connectivity index (χ4v) is 7.90. The van der Waals surface area contributed by atoms with Crippen molar-refractivity contribution in [2.24, 2.45) is 23.2 Å². The third kappa shape index (κ3) is 4.50. The molecule has 2 N–H and O–H groups in total. The van der Waals surface area contributed by atoms with Crippen molar-refractivity contribution in [3.05, 3.63) is 51.5 Å². The molecule has 1 saturated carbocycles. The summed E-state index contributed by atoms with van der Waals surface area (Å²) in [5.74, 6) is -0.132. The van der Waals surface area contributed by atoms with Gasteiger partial charge in [-0.05, 0) is 48.6 Å². The number of carbonyl (C=O) groups is 1. The fourth-order valence-electron chi connectivity index (χ4n) is 6.14. The van der Waals surface area contributed by atoms with Gasteiger partial charge >= 0.3 is 0 Å². The van der Waals surface area contributed by atoms with Crippen LogP contribution >= 0.6 is 34.5 Å². The zero-order valence-electron chi connectivity index (χ0n) is 20.1. The Hall–Kier alpha value is -1.60. The number of para-hydroxylation sites is 1. The number of hydrogen-bond donors (Lipinski definition) is 2. The van der Waals surface area contributed by atoms with Gasteiger partial charge in [-0.3, -0.25) is 4.79 Å². The molecule has 1 aromatic carbocycles. The van der Waals surface area contributed by atoms with Gasteiger partial charge in [-0.2, -0.15) is 0 Å². The lowest BCUT2D eigenvalue weighted by atomic mass is 9.53. The number of carbonyl (C=O) groups excluding carboxylic acids is 1. The predicted octanol–water partition coefficient (Wildman–Crippen LogP) is 6.53. The summed E-state index contributed by atoms with van der Waals surface area (Å²) < 4.78 is 0. The Morgan fingerprint density at radius 2 is 2.12 bits per heavy atom. The summed E-state index contributed by atoms with van der Waals surface area (Å²) in [6.45, 7) is 10.6. The molecule has 1 amide bonds. The molecule has 1 unspecified atom stereocenters. The zero-order valence-corrected chi connectivity index (χ0v) is 22.5. The molecule has 184 valence electrons. The van der Waals surface area contributed by atoms with Crippen molar-refractivity contribution < 1.29 is 9.90 Å². The van der Waals surface area contributed by atoms with Gasteiger partial charge in [0.1, 0.15) is 0 Å². The zero-order chi connectivity index (χ0) is 24.8. The van der Waals surface area contributed by atoms with E-state index in [0.29, 0.717) is 22.3 Å². The molecule has 5 nitrogen and oxygen atoms in total. The summed E-state index contributed by atoms with van der Waals surface area (Å²) in [4.78, 5) is 20.8. The maximum Gasteiger partial charge on any atom is 0.225 e. The van der Waals surface area contributed by atoms with Crippen LogP contribution in [-0.2, 0) is 11.2 Å². The van der Waals surface area contributed by atoms with Gasteiger partial charge in [0.05, 0.1) is 27.5 Å². The molecule has 6 atom stereocenters. The van der Waals surface area contributed by atoms with E-state index in [9.17, 15) is 9.90 Å². The molecule has 2 aliphatic carbocycles. The summed E-state index contributed by atoms with van der Waals surface area (Å²) in [6, 6.07) is 5.41. The minimum absolute atomic E-state index is 0.0377. The maximum atomic E-state index is 13.0. The Labute approximate surface area is 216 Å². The largest absolute Gasteiger partial charge is 0.392 e. The first-order valence-corrected chi connectivity index (χ1v) is 13.4. The van der Waals surface area contributed by atoms with E-state index in [2.05, 4.69) is 25.7 Å². The number of halogens is 2. The maximum absolute atomic E-state index is 13.0. The van der Waals surface area contributed by atoms with Crippen molar-refractivity contribution in [2.75, 3.05) is 18.9 Å². The molecule has 1 heterocycles. The Bertz CT molecular complexity index is 1070. The van der Waals surface area contributed by atoms with Crippen LogP contribution in [0.1, 0.15) is 50.1 Å². The predicted molar refractivity (Wildman–Crippen MR) is 141 cm³/mol. The summed E-state index contributed by atoms with van der Waals surface area (Å²) in [5, 5.41) is 16.8. The van der Waals surface area contributed by atoms with E-state index in [0.717, 1.165) is 30.1 Å². The number of aliphatic hydroxyl groups excluding tert-OH is 1. The standard InChI is InChI=1S/C26H33Cl2N3O2S/c1-6-12-31(5)24(33)14(2)16-10-11-26(4)13-19-21(15(3)20(26)23(16)32)29-25(34-19)30-22-17(27)8-7-9-18(22)28/h6-9,14-16,20,23,32H,1,10-13H2,2-5H3,(H,29,30)/t14-,15-,16?,20+,23-,26-/m0/s1. The van der Waals surface area contributed by atoms with E-state index in [1.165, 1.54) is 4.88 Å². The van der Waals surface area contributed by atoms with Crippen LogP contribution in [-0.4, -0.2) is 40.6 Å². The van der Waals surface area contributed by atoms with Crippen LogP contribution in [0.15, 0.2) is 30.9 Å². The van der Waals surface area contributed by atoms with Gasteiger partial charge in [0.2, 0.25) is 5.91 Å². The summed E-state index contributed by atoms with van der Waals surface area (Å²) in [5.41, 5.74) is 1.65. The molecule has 8 heteroatoms. The lowest BCUT2D eigenvalue weighted by molar-refractivity contribution is -0.143. The molecule has 0 aliphatic heterocycles. The highest BCUT2D eigenvalue weighted by molar-refractivity contribution is 7.15. The van der Waals surface area contributed by atoms with Gasteiger partial charge in [-0.1, -0.05) is 56.1 Å². The number of fused-ring (bicyclic) bond motifs is 2. The molecule has 34 heavy (non-hydrogen) atoms. The molecule has 1 fully saturated rings. The highest BCUT2D eigenvalue weighted by Gasteiger charge is 2.54. The van der Waals surface area contributed by atoms with E-state index in [4.69, 9.17) is 28.2 Å². The second-order valence-electron chi connectivity index (χ2n) is 10.2. The second-order valence-corrected chi connectivity index (χ2v) is 12.1. The summed E-state index contributed by atoms with van der Waals surface area (Å²) in [7, 11) is 1.80. The van der Waals surface area contributed by atoms with Crippen LogP contribution in [0, 0.1) is 23.2 Å². The number of nitrogens with one attached hydrogen (secondary N) is 1. The van der Waals surface area contributed by atoms with Crippen molar-refractivity contribution >= 4 is 51.3 Å². The quantitative estimate of drug-likeness (QED) is 0.424. The highest BCUT2D eigenvalue weighted by Crippen LogP contribution is 2.57. The van der Waals surface area contributed by atoms with Crippen molar-refractivity contribution in [3.63, 3.8) is 0 Å². The number of rotatable bonds is 6. The van der Waals surface area contributed by atoms with Gasteiger partial charge in [0.15, 0.2) is 5.13 Å². The number of benzene rings is 1. The van der Waals surface area contributed by atoms with Gasteiger partial charge in [0.25, 0.3) is 0 Å². The Morgan fingerprint density at radius 3 is 2.76 bits per heavy atom. The number of aliphatic hydroxyl groups is 1. The smallest absolute Gasteiger partial charge is 0.225 e. The van der Waals surface area contributed by atoms with E-state index < -0.39 is 6.10 Å². The Kier molecular flexibility index (Phi) is 7.35. The van der Waals surface area contributed by atoms with E-state index >= 15 is 0 Å². The number of nitrogens with zero attached hydrogens (tertiary/aromatic N) is 2. The average molecular weight is 523 g/mol. The van der Waals surface area contributed by atoms with Crippen molar-refractivity contribution in [1.29, 1.82) is 0 Å². The lowest BCUT2D eigenvalue weighted by Crippen LogP contribution is -2.53. The normalized spacial score (nSPS) is 29.0. The molecule has 0 bridgehead atoms. The van der Waals surface area contributed by atoms with E-state index in [1.807, 2.05) is 13.0 Å². The van der Waals surface area contributed by atoms with Gasteiger partial charge in [-0.25, -0.2) is 4.98 Å². The average Bonchev–Trinajstić information content (AvgIpc) is 3.18. The number of thiazole rings is 1. The van der Waals surface area contributed by atoms with E-state index in [-0.39, 0.29) is 35.0 Å². The molecule has 4 rings (SSSR count). The molecule has 2 aliphatic rings. The summed E-state index contributed by atoms with van der Waals surface area (Å²) >= 11 is 14.3. The topological polar surface area (TPSA) is 65.5 Å². The number of hydrogen-bond acceptors (Lipinski definition) is 5. The highest BCUT2D eigenvalue weighted by atomic mass is 35.5. The minimum Gasteiger partial charge on any atom is -0.392 e. The van der Waals surface area contributed by atoms with Crippen LogP contribution in [0.25, 0.3) is 0 Å². The number of amides is 1. The molecule has 1 aromatic heterocycles. The molecule has 0 radical (unpaired) electrons. The Balaban J connectivity index is 1.59. The molecular formula is C26H33Cl2N3O2S. The van der Waals surface area contributed by atoms with E-state index in [1.54, 1.807) is 41.5 Å². The Morgan fingerprint density at radius 1 is 1.44 bits per heavy atom. The van der Waals surface area contributed by atoms with Crippen LogP contribution < -0.4 is 5.32 Å². The van der Waals surface area contributed by atoms with Crippen LogP contribution in [0.4, 0.5) is 10.8 Å². The van der Waals surface area contributed by atoms with Gasteiger partial charge < -0.3 is 15.3 Å². The first kappa shape index (κ1) is 25.5. The van der Waals surface area contributed by atoms with Crippen LogP contribution in [0.2, 0.25) is 10.0 Å². The SMILES string of the molecule is C=CCN(C)C(=O)[C@@H](C)C1CC[C@@]2(C)Cc3sc(Nc4c(Cl)cccc4Cl)nc3[C@@H](C)[C@@H]2[C@H]1O. The first-order valence-electron chi connectivity index (χ1n) is 11.8. The van der Waals surface area contributed by atoms with Crippen molar-refractivity contribution in [1.82, 2.24) is 9.88 Å². The van der Waals surface area contributed by atoms with Gasteiger partial charge in [-0.15, -0.1) is 17.9 Å². The third-order valence-corrected chi connectivity index (χ3v) is 9.54. The molecule has 0 saturated heterocycles. The number of aromatic nitrogens is 1. The van der Waals surface area contributed by atoms with Crippen molar-refractivity contribution in [3.8, 4) is 0 Å². The van der Waals surface area contributed by atoms with Crippen LogP contribution in [0.5, 0.6) is 0 Å². The van der Waals surface area contributed by atoms with Gasteiger partial charge in [0, 0.05) is 30.3 Å². The fraction of sp³-hybridized carbons (Fsp3) is 0.538. The molecule has 2 aromatic rings. The minimum atomic E-state index is -0.561. The van der Waals surface area contributed by atoms with Crippen molar-refractivity contribution in [2.45, 2.75) is 52.1 Å². The first-order chi connectivity index (χ1) is 16.1. The third-order valence-electron chi connectivity index (χ3n) is 7.93.